The maximum Gasteiger partial charge on any atom is 0.343 e. The second-order valence-corrected chi connectivity index (χ2v) is 5.99. The predicted molar refractivity (Wildman–Crippen MR) is 104 cm³/mol. The molecule has 0 N–H and O–H groups in total. The fourth-order valence-electron chi connectivity index (χ4n) is 2.75. The molecule has 0 aliphatic heterocycles. The number of rotatable bonds is 4. The van der Waals surface area contributed by atoms with Crippen LogP contribution in [0.5, 0.6) is 11.5 Å². The Morgan fingerprint density at radius 3 is 2.36 bits per heavy atom. The van der Waals surface area contributed by atoms with E-state index in [1.165, 1.54) is 24.5 Å². The highest BCUT2D eigenvalue weighted by atomic mass is 16.5. The third kappa shape index (κ3) is 3.48. The lowest BCUT2D eigenvalue weighted by Crippen LogP contribution is -2.09. The Labute approximate surface area is 160 Å². The van der Waals surface area contributed by atoms with Crippen molar-refractivity contribution in [1.29, 1.82) is 0 Å². The van der Waals surface area contributed by atoms with E-state index in [0.29, 0.717) is 28.0 Å². The highest BCUT2D eigenvalue weighted by molar-refractivity contribution is 5.91. The molecule has 0 fully saturated rings. The maximum absolute atomic E-state index is 12.6. The van der Waals surface area contributed by atoms with Crippen molar-refractivity contribution >= 4 is 16.9 Å². The van der Waals surface area contributed by atoms with Crippen LogP contribution in [0, 0.1) is 0 Å². The van der Waals surface area contributed by atoms with Gasteiger partial charge in [0.15, 0.2) is 5.43 Å². The topological polar surface area (TPSA) is 78.6 Å². The summed E-state index contributed by atoms with van der Waals surface area (Å²) in [4.78, 5) is 28.6. The van der Waals surface area contributed by atoms with Gasteiger partial charge in [0.1, 0.15) is 22.8 Å². The first kappa shape index (κ1) is 17.5. The molecular formula is C22H15NO5. The van der Waals surface area contributed by atoms with Gasteiger partial charge in [0, 0.05) is 24.0 Å². The van der Waals surface area contributed by atoms with Gasteiger partial charge in [0.05, 0.1) is 18.1 Å². The number of benzene rings is 2. The monoisotopic (exact) mass is 373 g/mol. The first-order valence-electron chi connectivity index (χ1n) is 8.48. The van der Waals surface area contributed by atoms with Gasteiger partial charge in [0.25, 0.3) is 0 Å². The third-order valence-corrected chi connectivity index (χ3v) is 4.20. The molecule has 4 rings (SSSR count). The van der Waals surface area contributed by atoms with Gasteiger partial charge in [-0.3, -0.25) is 9.78 Å². The van der Waals surface area contributed by atoms with Crippen molar-refractivity contribution in [2.24, 2.45) is 0 Å². The number of aromatic nitrogens is 1. The molecule has 2 heterocycles. The van der Waals surface area contributed by atoms with Gasteiger partial charge in [-0.25, -0.2) is 4.79 Å². The van der Waals surface area contributed by atoms with Gasteiger partial charge >= 0.3 is 5.97 Å². The molecule has 6 nitrogen and oxygen atoms in total. The predicted octanol–water partition coefficient (Wildman–Crippen LogP) is 4.08. The summed E-state index contributed by atoms with van der Waals surface area (Å²) in [5.74, 6) is 0.897. The van der Waals surface area contributed by atoms with Gasteiger partial charge in [0.2, 0.25) is 0 Å². The Balaban J connectivity index is 1.66. The van der Waals surface area contributed by atoms with Crippen LogP contribution in [-0.2, 0) is 0 Å². The minimum Gasteiger partial charge on any atom is -0.497 e. The van der Waals surface area contributed by atoms with Crippen molar-refractivity contribution in [3.05, 3.63) is 88.8 Å². The fourth-order valence-corrected chi connectivity index (χ4v) is 2.75. The Morgan fingerprint density at radius 2 is 1.64 bits per heavy atom. The van der Waals surface area contributed by atoms with Crippen LogP contribution >= 0.6 is 0 Å². The third-order valence-electron chi connectivity index (χ3n) is 4.20. The molecule has 0 saturated carbocycles. The van der Waals surface area contributed by atoms with Crippen LogP contribution in [0.25, 0.3) is 22.3 Å². The second-order valence-electron chi connectivity index (χ2n) is 5.99. The van der Waals surface area contributed by atoms with Crippen molar-refractivity contribution in [2.75, 3.05) is 7.11 Å². The van der Waals surface area contributed by atoms with Gasteiger partial charge in [-0.1, -0.05) is 0 Å². The van der Waals surface area contributed by atoms with E-state index in [1.807, 2.05) is 12.1 Å². The number of esters is 1. The van der Waals surface area contributed by atoms with E-state index >= 15 is 0 Å². The molecule has 2 aromatic carbocycles. The minimum atomic E-state index is -0.527. The average molecular weight is 373 g/mol. The van der Waals surface area contributed by atoms with Crippen molar-refractivity contribution in [1.82, 2.24) is 4.98 Å². The van der Waals surface area contributed by atoms with Gasteiger partial charge < -0.3 is 13.9 Å². The van der Waals surface area contributed by atoms with E-state index in [4.69, 9.17) is 13.9 Å². The highest BCUT2D eigenvalue weighted by Crippen LogP contribution is 2.26. The quantitative estimate of drug-likeness (QED) is 0.396. The normalized spacial score (nSPS) is 10.6. The Kier molecular flexibility index (Phi) is 4.60. The summed E-state index contributed by atoms with van der Waals surface area (Å²) < 4.78 is 16.3. The van der Waals surface area contributed by atoms with Crippen LogP contribution in [0.1, 0.15) is 10.4 Å². The minimum absolute atomic E-state index is 0.228. The number of carbonyl (C=O) groups is 1. The standard InChI is InChI=1S/C22H15NO5/c1-26-16-4-2-14(3-5-16)21-13-19(24)18-12-17(6-7-20(18)28-21)27-22(25)15-8-10-23-11-9-15/h2-13H,1H3. The maximum atomic E-state index is 12.6. The molecule has 0 aliphatic carbocycles. The number of pyridine rings is 1. The lowest BCUT2D eigenvalue weighted by molar-refractivity contribution is 0.0735. The highest BCUT2D eigenvalue weighted by Gasteiger charge is 2.12. The van der Waals surface area contributed by atoms with E-state index in [1.54, 1.807) is 43.5 Å². The smallest absolute Gasteiger partial charge is 0.343 e. The summed E-state index contributed by atoms with van der Waals surface area (Å²) in [7, 11) is 1.59. The molecule has 0 bridgehead atoms. The summed E-state index contributed by atoms with van der Waals surface area (Å²) in [5.41, 5.74) is 1.31. The molecule has 4 aromatic rings. The first-order valence-corrected chi connectivity index (χ1v) is 8.48. The molecule has 0 atom stereocenters. The average Bonchev–Trinajstić information content (AvgIpc) is 2.74. The molecular weight excluding hydrogens is 358 g/mol. The van der Waals surface area contributed by atoms with Crippen molar-refractivity contribution in [3.8, 4) is 22.8 Å². The molecule has 6 heteroatoms. The lowest BCUT2D eigenvalue weighted by Gasteiger charge is -2.07. The van der Waals surface area contributed by atoms with Crippen LogP contribution in [0.3, 0.4) is 0 Å². The molecule has 28 heavy (non-hydrogen) atoms. The van der Waals surface area contributed by atoms with Crippen molar-refractivity contribution in [3.63, 3.8) is 0 Å². The number of nitrogens with zero attached hydrogens (tertiary/aromatic N) is 1. The Bertz CT molecular complexity index is 1200. The number of fused-ring (bicyclic) bond motifs is 1. The van der Waals surface area contributed by atoms with Crippen LogP contribution in [0.4, 0.5) is 0 Å². The molecule has 0 radical (unpaired) electrons. The molecule has 0 saturated heterocycles. The molecule has 0 amide bonds. The van der Waals surface area contributed by atoms with E-state index in [0.717, 1.165) is 5.56 Å². The Morgan fingerprint density at radius 1 is 0.929 bits per heavy atom. The second kappa shape index (κ2) is 7.36. The summed E-state index contributed by atoms with van der Waals surface area (Å²) in [6, 6.07) is 16.4. The van der Waals surface area contributed by atoms with Crippen LogP contribution in [-0.4, -0.2) is 18.1 Å². The summed E-state index contributed by atoms with van der Waals surface area (Å²) in [6.45, 7) is 0. The number of hydrogen-bond acceptors (Lipinski definition) is 6. The number of methoxy groups -OCH3 is 1. The molecule has 0 unspecified atom stereocenters. The van der Waals surface area contributed by atoms with Crippen molar-refractivity contribution < 1.29 is 18.7 Å². The number of carbonyl (C=O) groups excluding carboxylic acids is 1. The van der Waals surface area contributed by atoms with Gasteiger partial charge in [-0.2, -0.15) is 0 Å². The summed E-state index contributed by atoms with van der Waals surface area (Å²) in [5, 5.41) is 0.331. The fraction of sp³-hybridized carbons (Fsp3) is 0.0455. The number of ether oxygens (including phenoxy) is 2. The van der Waals surface area contributed by atoms with Crippen molar-refractivity contribution in [2.45, 2.75) is 0 Å². The van der Waals surface area contributed by atoms with Gasteiger partial charge in [-0.05, 0) is 54.6 Å². The van der Waals surface area contributed by atoms with E-state index in [-0.39, 0.29) is 11.2 Å². The Hall–Kier alpha value is -3.93. The molecule has 138 valence electrons. The zero-order valence-corrected chi connectivity index (χ0v) is 14.9. The van der Waals surface area contributed by atoms with Gasteiger partial charge in [-0.15, -0.1) is 0 Å². The summed E-state index contributed by atoms with van der Waals surface area (Å²) >= 11 is 0. The lowest BCUT2D eigenvalue weighted by atomic mass is 10.1. The van der Waals surface area contributed by atoms with E-state index in [2.05, 4.69) is 4.98 Å². The molecule has 0 spiro atoms. The van der Waals surface area contributed by atoms with E-state index in [9.17, 15) is 9.59 Å². The molecule has 0 aliphatic rings. The first-order chi connectivity index (χ1) is 13.6. The summed E-state index contributed by atoms with van der Waals surface area (Å²) in [6.07, 6.45) is 3.01. The largest absolute Gasteiger partial charge is 0.497 e. The van der Waals surface area contributed by atoms with Crippen LogP contribution < -0.4 is 14.9 Å². The zero-order chi connectivity index (χ0) is 19.5. The van der Waals surface area contributed by atoms with E-state index < -0.39 is 5.97 Å². The molecule has 2 aromatic heterocycles. The SMILES string of the molecule is COc1ccc(-c2cc(=O)c3cc(OC(=O)c4ccncc4)ccc3o2)cc1. The van der Waals surface area contributed by atoms with Crippen LogP contribution in [0.2, 0.25) is 0 Å². The zero-order valence-electron chi connectivity index (χ0n) is 14.9. The van der Waals surface area contributed by atoms with Crippen LogP contribution in [0.15, 0.2) is 82.3 Å². The number of hydrogen-bond donors (Lipinski definition) is 0.